The highest BCUT2D eigenvalue weighted by Crippen LogP contribution is 2.49. The minimum Gasteiger partial charge on any atom is -0.240 e. The molecule has 136 valence electrons. The van der Waals surface area contributed by atoms with Gasteiger partial charge in [0, 0.05) is 19.9 Å². The Labute approximate surface area is 185 Å². The van der Waals surface area contributed by atoms with E-state index in [-0.39, 0.29) is 5.25 Å². The molecule has 0 bridgehead atoms. The predicted molar refractivity (Wildman–Crippen MR) is 128 cm³/mol. The average Bonchev–Trinajstić information content (AvgIpc) is 2.74. The summed E-state index contributed by atoms with van der Waals surface area (Å²) in [5.74, 6) is 0. The Bertz CT molecular complexity index is 1200. The largest absolute Gasteiger partial charge is 0.240 e. The molecule has 0 aliphatic carbocycles. The molecule has 0 saturated carbocycles. The molecular weight excluding hydrogens is 494 g/mol. The van der Waals surface area contributed by atoms with Crippen molar-refractivity contribution >= 4 is 65.1 Å². The van der Waals surface area contributed by atoms with Crippen LogP contribution >= 0.6 is 43.6 Å². The lowest BCUT2D eigenvalue weighted by Gasteiger charge is -2.26. The Balaban J connectivity index is 1.73. The van der Waals surface area contributed by atoms with Crippen molar-refractivity contribution in [3.63, 3.8) is 0 Å². The van der Waals surface area contributed by atoms with Crippen LogP contribution in [0.15, 0.2) is 98.9 Å². The van der Waals surface area contributed by atoms with Crippen molar-refractivity contribution in [3.05, 3.63) is 111 Å². The normalized spacial score (nSPS) is 15.9. The predicted octanol–water partition coefficient (Wildman–Crippen LogP) is 8.28. The van der Waals surface area contributed by atoms with E-state index in [1.807, 2.05) is 11.8 Å². The van der Waals surface area contributed by atoms with Gasteiger partial charge in [0.05, 0.1) is 10.9 Å². The summed E-state index contributed by atoms with van der Waals surface area (Å²) in [4.78, 5) is 5.12. The molecule has 1 heterocycles. The molecule has 1 nitrogen and oxygen atoms in total. The fourth-order valence-electron chi connectivity index (χ4n) is 3.52. The van der Waals surface area contributed by atoms with E-state index in [2.05, 4.69) is 117 Å². The lowest BCUT2D eigenvalue weighted by atomic mass is 9.98. The second-order valence-electron chi connectivity index (χ2n) is 6.70. The van der Waals surface area contributed by atoms with E-state index in [9.17, 15) is 0 Å². The van der Waals surface area contributed by atoms with Crippen molar-refractivity contribution in [2.45, 2.75) is 5.25 Å². The van der Waals surface area contributed by atoms with Gasteiger partial charge in [0.25, 0.3) is 0 Å². The summed E-state index contributed by atoms with van der Waals surface area (Å²) >= 11 is 8.91. The van der Waals surface area contributed by atoms with E-state index >= 15 is 0 Å². The number of thioether (sulfide) groups is 1. The highest BCUT2D eigenvalue weighted by Gasteiger charge is 2.27. The first-order valence-corrected chi connectivity index (χ1v) is 11.4. The summed E-state index contributed by atoms with van der Waals surface area (Å²) in [7, 11) is 0. The molecule has 0 saturated heterocycles. The van der Waals surface area contributed by atoms with Crippen LogP contribution in [0.4, 0.5) is 5.69 Å². The summed E-state index contributed by atoms with van der Waals surface area (Å²) in [5, 5.41) is 3.70. The minimum absolute atomic E-state index is 0.212. The van der Waals surface area contributed by atoms with Gasteiger partial charge in [-0.15, -0.1) is 0 Å². The van der Waals surface area contributed by atoms with Crippen LogP contribution in [0, 0.1) is 0 Å². The zero-order valence-electron chi connectivity index (χ0n) is 14.8. The third-order valence-electron chi connectivity index (χ3n) is 4.92. The topological polar surface area (TPSA) is 12.4 Å². The molecule has 1 aliphatic rings. The molecule has 0 aromatic heterocycles. The molecular formula is C24H15Br2NS. The van der Waals surface area contributed by atoms with Crippen LogP contribution in [0.2, 0.25) is 0 Å². The zero-order valence-corrected chi connectivity index (χ0v) is 18.8. The molecule has 0 amide bonds. The van der Waals surface area contributed by atoms with E-state index in [1.54, 1.807) is 0 Å². The quantitative estimate of drug-likeness (QED) is 0.265. The number of hydrogen-bond donors (Lipinski definition) is 0. The summed E-state index contributed by atoms with van der Waals surface area (Å²) in [5.41, 5.74) is 4.79. The number of nitrogens with zero attached hydrogens (tertiary/aromatic N) is 1. The van der Waals surface area contributed by atoms with Gasteiger partial charge in [-0.05, 0) is 40.8 Å². The number of benzene rings is 4. The van der Waals surface area contributed by atoms with Crippen molar-refractivity contribution in [1.29, 1.82) is 0 Å². The van der Waals surface area contributed by atoms with Gasteiger partial charge in [0.2, 0.25) is 0 Å². The molecule has 1 unspecified atom stereocenters. The molecule has 4 aromatic rings. The first kappa shape index (κ1) is 18.2. The standard InChI is InChI=1S/C24H15Br2NS/c25-18-10-5-16(6-11-18)23-21-14-9-15-3-1-2-4-20(15)22(21)27-24(28-23)17-7-12-19(26)13-8-17/h1-14,23H. The maximum Gasteiger partial charge on any atom is 0.105 e. The van der Waals surface area contributed by atoms with Crippen molar-refractivity contribution in [1.82, 2.24) is 0 Å². The van der Waals surface area contributed by atoms with Crippen molar-refractivity contribution in [3.8, 4) is 0 Å². The summed E-state index contributed by atoms with van der Waals surface area (Å²) < 4.78 is 2.17. The number of aliphatic imine (C=N–C) groups is 1. The maximum absolute atomic E-state index is 5.12. The summed E-state index contributed by atoms with van der Waals surface area (Å²) in [6.07, 6.45) is 0. The van der Waals surface area contributed by atoms with E-state index in [4.69, 9.17) is 4.99 Å². The van der Waals surface area contributed by atoms with Crippen LogP contribution in [0.5, 0.6) is 0 Å². The number of fused-ring (bicyclic) bond motifs is 3. The molecule has 5 rings (SSSR count). The summed E-state index contributed by atoms with van der Waals surface area (Å²) in [6.45, 7) is 0. The first-order valence-electron chi connectivity index (χ1n) is 8.97. The van der Waals surface area contributed by atoms with Crippen molar-refractivity contribution in [2.75, 3.05) is 0 Å². The number of halogens is 2. The van der Waals surface area contributed by atoms with Crippen LogP contribution in [-0.4, -0.2) is 5.04 Å². The van der Waals surface area contributed by atoms with E-state index in [1.165, 1.54) is 21.9 Å². The Kier molecular flexibility index (Phi) is 4.87. The second-order valence-corrected chi connectivity index (χ2v) is 9.62. The Morgan fingerprint density at radius 2 is 1.39 bits per heavy atom. The van der Waals surface area contributed by atoms with E-state index < -0.39 is 0 Å². The van der Waals surface area contributed by atoms with Crippen LogP contribution < -0.4 is 0 Å². The summed E-state index contributed by atoms with van der Waals surface area (Å²) in [6, 6.07) is 30.0. The third kappa shape index (κ3) is 3.34. The van der Waals surface area contributed by atoms with Crippen LogP contribution in [0.1, 0.15) is 21.9 Å². The monoisotopic (exact) mass is 507 g/mol. The van der Waals surface area contributed by atoms with Gasteiger partial charge in [-0.2, -0.15) is 0 Å². The molecule has 4 aromatic carbocycles. The molecule has 0 fully saturated rings. The first-order chi connectivity index (χ1) is 13.7. The van der Waals surface area contributed by atoms with Gasteiger partial charge in [-0.1, -0.05) is 104 Å². The Hall–Kier alpha value is -1.88. The second kappa shape index (κ2) is 7.51. The van der Waals surface area contributed by atoms with E-state index in [0.29, 0.717) is 0 Å². The maximum atomic E-state index is 5.12. The van der Waals surface area contributed by atoms with Gasteiger partial charge in [0.15, 0.2) is 0 Å². The fourth-order valence-corrected chi connectivity index (χ4v) is 5.30. The van der Waals surface area contributed by atoms with Crippen LogP contribution in [0.25, 0.3) is 10.8 Å². The van der Waals surface area contributed by atoms with Crippen LogP contribution in [0.3, 0.4) is 0 Å². The zero-order chi connectivity index (χ0) is 19.1. The smallest absolute Gasteiger partial charge is 0.105 e. The van der Waals surface area contributed by atoms with Crippen LogP contribution in [-0.2, 0) is 0 Å². The minimum atomic E-state index is 0.212. The molecule has 0 radical (unpaired) electrons. The molecule has 1 aliphatic heterocycles. The molecule has 4 heteroatoms. The van der Waals surface area contributed by atoms with E-state index in [0.717, 1.165) is 25.2 Å². The van der Waals surface area contributed by atoms with Crippen molar-refractivity contribution < 1.29 is 0 Å². The van der Waals surface area contributed by atoms with Gasteiger partial charge in [-0.25, -0.2) is 4.99 Å². The highest BCUT2D eigenvalue weighted by atomic mass is 79.9. The Morgan fingerprint density at radius 1 is 0.714 bits per heavy atom. The highest BCUT2D eigenvalue weighted by molar-refractivity contribution is 9.10. The lowest BCUT2D eigenvalue weighted by Crippen LogP contribution is -2.08. The fraction of sp³-hybridized carbons (Fsp3) is 0.0417. The van der Waals surface area contributed by atoms with Gasteiger partial charge >= 0.3 is 0 Å². The van der Waals surface area contributed by atoms with Gasteiger partial charge < -0.3 is 0 Å². The average molecular weight is 509 g/mol. The molecule has 1 atom stereocenters. The van der Waals surface area contributed by atoms with Gasteiger partial charge in [-0.3, -0.25) is 0 Å². The molecule has 0 N–H and O–H groups in total. The number of hydrogen-bond acceptors (Lipinski definition) is 2. The Morgan fingerprint density at radius 3 is 2.14 bits per heavy atom. The lowest BCUT2D eigenvalue weighted by molar-refractivity contribution is 1.15. The van der Waals surface area contributed by atoms with Crippen molar-refractivity contribution in [2.24, 2.45) is 4.99 Å². The number of rotatable bonds is 2. The van der Waals surface area contributed by atoms with Gasteiger partial charge in [0.1, 0.15) is 5.04 Å². The third-order valence-corrected chi connectivity index (χ3v) is 7.29. The molecule has 0 spiro atoms. The molecule has 28 heavy (non-hydrogen) atoms. The SMILES string of the molecule is Brc1ccc(C2=Nc3c(ccc4ccccc34)C(c3ccc(Br)cc3)S2)cc1.